The zero-order valence-electron chi connectivity index (χ0n) is 17.3. The highest BCUT2D eigenvalue weighted by Gasteiger charge is 2.39. The molecule has 2 N–H and O–H groups in total. The normalized spacial score (nSPS) is 12.6. The summed E-state index contributed by atoms with van der Waals surface area (Å²) in [6.45, 7) is -0.715. The van der Waals surface area contributed by atoms with E-state index >= 15 is 0 Å². The van der Waals surface area contributed by atoms with E-state index in [1.54, 1.807) is 0 Å². The largest absolute Gasteiger partial charge is 0.399 e. The Labute approximate surface area is 216 Å². The number of carbonyl (C=O) groups is 2. The van der Waals surface area contributed by atoms with Crippen LogP contribution in [0.3, 0.4) is 0 Å². The Balaban J connectivity index is 2.15. The fraction of sp³-hybridized carbons (Fsp3) is 0.273. The minimum absolute atomic E-state index is 0.0352. The van der Waals surface area contributed by atoms with Crippen molar-refractivity contribution in [3.8, 4) is 0 Å². The third-order valence-electron chi connectivity index (χ3n) is 4.48. The Hall–Kier alpha value is -1.81. The van der Waals surface area contributed by atoms with Crippen LogP contribution in [0.4, 0.5) is 17.6 Å². The van der Waals surface area contributed by atoms with Gasteiger partial charge in [0.2, 0.25) is 5.91 Å². The van der Waals surface area contributed by atoms with E-state index in [2.05, 4.69) is 26.6 Å². The highest BCUT2D eigenvalue weighted by Crippen LogP contribution is 2.41. The van der Waals surface area contributed by atoms with Crippen LogP contribution in [0.2, 0.25) is 15.1 Å². The first-order valence-corrected chi connectivity index (χ1v) is 11.7. The summed E-state index contributed by atoms with van der Waals surface area (Å²) in [5, 5.41) is 4.63. The van der Waals surface area contributed by atoms with Crippen molar-refractivity contribution in [2.75, 3.05) is 19.8 Å². The lowest BCUT2D eigenvalue weighted by Gasteiger charge is -2.18. The maximum absolute atomic E-state index is 13.7. The number of alkyl halides is 4. The summed E-state index contributed by atoms with van der Waals surface area (Å²) in [5.41, 5.74) is 0.383. The molecule has 0 bridgehead atoms. The minimum atomic E-state index is -4.63. The summed E-state index contributed by atoms with van der Waals surface area (Å²) >= 11 is 20.8. The second-order valence-electron chi connectivity index (χ2n) is 6.99. The van der Waals surface area contributed by atoms with Crippen LogP contribution in [0.25, 0.3) is 6.08 Å². The first kappa shape index (κ1) is 28.4. The fourth-order valence-electron chi connectivity index (χ4n) is 2.80. The molecule has 1 unspecified atom stereocenters. The number of allylic oxidation sites excluding steroid dienone is 1. The fourth-order valence-corrected chi connectivity index (χ4v) is 3.99. The van der Waals surface area contributed by atoms with Gasteiger partial charge in [-0.25, -0.2) is 0 Å². The zero-order valence-corrected chi connectivity index (χ0v) is 21.1. The van der Waals surface area contributed by atoms with Crippen molar-refractivity contribution in [1.29, 1.82) is 0 Å². The molecule has 0 radical (unpaired) electrons. The molecule has 0 aliphatic rings. The predicted molar refractivity (Wildman–Crippen MR) is 129 cm³/mol. The third-order valence-corrected chi connectivity index (χ3v) is 6.33. The van der Waals surface area contributed by atoms with Crippen LogP contribution in [-0.2, 0) is 4.79 Å². The molecular formula is C22H18BrCl3F4N2O2. The van der Waals surface area contributed by atoms with Crippen LogP contribution in [0.15, 0.2) is 40.9 Å². The topological polar surface area (TPSA) is 58.2 Å². The Kier molecular flexibility index (Phi) is 10.7. The number of amides is 2. The Bertz CT molecular complexity index is 1060. The Morgan fingerprint density at radius 2 is 1.71 bits per heavy atom. The average molecular weight is 605 g/mol. The van der Waals surface area contributed by atoms with Gasteiger partial charge in [-0.3, -0.25) is 14.0 Å². The van der Waals surface area contributed by atoms with Crippen LogP contribution in [0.5, 0.6) is 0 Å². The van der Waals surface area contributed by atoms with E-state index in [1.807, 2.05) is 0 Å². The standard InChI is InChI=1S/C22H18BrCl3F4N2O2/c23-16-8-12(2-4-14(16)21(34)32-11-19(33)31-7-1-6-27)3-5-15(22(28,29)30)13-9-17(24)20(26)18(25)10-13/h2-5,8-10,15H,1,6-7,11H2,(H,31,33)(H,32,34)/b5-3+. The molecule has 4 nitrogen and oxygen atoms in total. The third kappa shape index (κ3) is 8.15. The summed E-state index contributed by atoms with van der Waals surface area (Å²) in [5.74, 6) is -3.04. The van der Waals surface area contributed by atoms with Crippen LogP contribution in [0, 0.1) is 0 Å². The number of benzene rings is 2. The van der Waals surface area contributed by atoms with Gasteiger partial charge in [-0.2, -0.15) is 13.2 Å². The number of hydrogen-bond acceptors (Lipinski definition) is 2. The van der Waals surface area contributed by atoms with Gasteiger partial charge in [0, 0.05) is 11.0 Å². The first-order valence-electron chi connectivity index (χ1n) is 9.73. The molecule has 0 spiro atoms. The summed E-state index contributed by atoms with van der Waals surface area (Å²) in [7, 11) is 0. The quantitative estimate of drug-likeness (QED) is 0.185. The SMILES string of the molecule is O=C(CNC(=O)c1ccc(/C=C/C(c2cc(Cl)c(Cl)c(Cl)c2)C(F)(F)F)cc1Br)NCCCF. The smallest absolute Gasteiger partial charge is 0.354 e. The van der Waals surface area contributed by atoms with Crippen LogP contribution in [0.1, 0.15) is 33.8 Å². The molecule has 184 valence electrons. The maximum atomic E-state index is 13.7. The minimum Gasteiger partial charge on any atom is -0.354 e. The van der Waals surface area contributed by atoms with Crippen molar-refractivity contribution >= 4 is 68.6 Å². The van der Waals surface area contributed by atoms with Gasteiger partial charge in [0.25, 0.3) is 5.91 Å². The van der Waals surface area contributed by atoms with E-state index in [1.165, 1.54) is 24.3 Å². The lowest BCUT2D eigenvalue weighted by atomic mass is 9.97. The van der Waals surface area contributed by atoms with Gasteiger partial charge < -0.3 is 10.6 Å². The molecule has 0 heterocycles. The summed E-state index contributed by atoms with van der Waals surface area (Å²) in [4.78, 5) is 23.9. The molecular weight excluding hydrogens is 587 g/mol. The molecule has 0 aliphatic heterocycles. The molecule has 0 saturated heterocycles. The van der Waals surface area contributed by atoms with E-state index in [4.69, 9.17) is 34.8 Å². The number of hydrogen-bond donors (Lipinski definition) is 2. The van der Waals surface area contributed by atoms with Gasteiger partial charge >= 0.3 is 6.18 Å². The Morgan fingerprint density at radius 1 is 1.06 bits per heavy atom. The van der Waals surface area contributed by atoms with Crippen molar-refractivity contribution in [3.63, 3.8) is 0 Å². The zero-order chi connectivity index (χ0) is 25.5. The van der Waals surface area contributed by atoms with Crippen LogP contribution in [-0.4, -0.2) is 37.8 Å². The van der Waals surface area contributed by atoms with Gasteiger partial charge in [0.1, 0.15) is 0 Å². The van der Waals surface area contributed by atoms with E-state index in [0.29, 0.717) is 10.0 Å². The summed E-state index contributed by atoms with van der Waals surface area (Å²) in [6, 6.07) is 6.53. The summed E-state index contributed by atoms with van der Waals surface area (Å²) < 4.78 is 53.4. The van der Waals surface area contributed by atoms with E-state index in [9.17, 15) is 27.2 Å². The molecule has 12 heteroatoms. The molecule has 1 atom stereocenters. The maximum Gasteiger partial charge on any atom is 0.399 e. The highest BCUT2D eigenvalue weighted by molar-refractivity contribution is 9.10. The van der Waals surface area contributed by atoms with Gasteiger partial charge in [0.15, 0.2) is 0 Å². The number of carbonyl (C=O) groups excluding carboxylic acids is 2. The first-order chi connectivity index (χ1) is 15.9. The van der Waals surface area contributed by atoms with E-state index in [0.717, 1.165) is 18.2 Å². The molecule has 0 aromatic heterocycles. The number of nitrogens with one attached hydrogen (secondary N) is 2. The second kappa shape index (κ2) is 12.8. The molecule has 2 amide bonds. The molecule has 2 rings (SSSR count). The predicted octanol–water partition coefficient (Wildman–Crippen LogP) is 6.97. The van der Waals surface area contributed by atoms with Crippen molar-refractivity contribution in [3.05, 3.63) is 72.6 Å². The van der Waals surface area contributed by atoms with Gasteiger partial charge in [-0.05, 0) is 57.7 Å². The van der Waals surface area contributed by atoms with Gasteiger partial charge in [-0.15, -0.1) is 0 Å². The number of rotatable bonds is 9. The molecule has 0 saturated carbocycles. The molecule has 2 aromatic rings. The van der Waals surface area contributed by atoms with Crippen molar-refractivity contribution < 1.29 is 27.2 Å². The van der Waals surface area contributed by atoms with E-state index in [-0.39, 0.29) is 45.7 Å². The molecule has 0 aliphatic carbocycles. The lowest BCUT2D eigenvalue weighted by Crippen LogP contribution is -2.37. The van der Waals surface area contributed by atoms with Crippen LogP contribution < -0.4 is 10.6 Å². The monoisotopic (exact) mass is 602 g/mol. The molecule has 2 aromatic carbocycles. The van der Waals surface area contributed by atoms with E-state index < -0.39 is 30.6 Å². The average Bonchev–Trinajstić information content (AvgIpc) is 2.75. The molecule has 34 heavy (non-hydrogen) atoms. The van der Waals surface area contributed by atoms with Crippen LogP contribution >= 0.6 is 50.7 Å². The second-order valence-corrected chi connectivity index (χ2v) is 9.04. The van der Waals surface area contributed by atoms with Crippen molar-refractivity contribution in [2.24, 2.45) is 0 Å². The summed E-state index contributed by atoms with van der Waals surface area (Å²) in [6.07, 6.45) is -2.26. The van der Waals surface area contributed by atoms with Crippen molar-refractivity contribution in [2.45, 2.75) is 18.5 Å². The lowest BCUT2D eigenvalue weighted by molar-refractivity contribution is -0.139. The number of halogens is 8. The highest BCUT2D eigenvalue weighted by atomic mass is 79.9. The van der Waals surface area contributed by atoms with Gasteiger partial charge in [0.05, 0.1) is 39.8 Å². The molecule has 0 fully saturated rings. The van der Waals surface area contributed by atoms with Crippen molar-refractivity contribution in [1.82, 2.24) is 10.6 Å². The van der Waals surface area contributed by atoms with Gasteiger partial charge in [-0.1, -0.05) is 53.0 Å². The Morgan fingerprint density at radius 3 is 2.26 bits per heavy atom.